The SMILES string of the molecule is CC[C@H]1C[C@]1(NC(=O)[C@@H]1[C@@H]2[C@H](CN1C(=O)[C@H](NC(=O)NC1(CS(=O)(=O)C(C)(C)C)CCCCC1)C(C)(C)C)C2(C)C)C(=O)C(N)=O. The van der Waals surface area contributed by atoms with Crippen LogP contribution in [0.15, 0.2) is 0 Å². The highest BCUT2D eigenvalue weighted by Gasteiger charge is 2.71. The Balaban J connectivity index is 1.57. The number of sulfone groups is 1. The quantitative estimate of drug-likeness (QED) is 0.258. The number of hydrogen-bond donors (Lipinski definition) is 4. The van der Waals surface area contributed by atoms with Crippen LogP contribution in [-0.2, 0) is 29.0 Å². The van der Waals surface area contributed by atoms with Crippen LogP contribution in [0.1, 0.15) is 107 Å². The van der Waals surface area contributed by atoms with Gasteiger partial charge in [-0.3, -0.25) is 19.2 Å². The zero-order valence-electron chi connectivity index (χ0n) is 29.0. The molecule has 0 bridgehead atoms. The summed E-state index contributed by atoms with van der Waals surface area (Å²) in [5, 5.41) is 8.70. The van der Waals surface area contributed by atoms with Crippen LogP contribution < -0.4 is 21.7 Å². The number of rotatable bonds is 10. The van der Waals surface area contributed by atoms with Crippen LogP contribution in [-0.4, -0.2) is 83.1 Å². The molecule has 5 N–H and O–H groups in total. The summed E-state index contributed by atoms with van der Waals surface area (Å²) in [6, 6.07) is -2.55. The number of carbonyl (C=O) groups excluding carboxylic acids is 5. The number of piperidine rings is 1. The van der Waals surface area contributed by atoms with Gasteiger partial charge in [0.15, 0.2) is 9.84 Å². The van der Waals surface area contributed by atoms with Crippen molar-refractivity contribution in [3.8, 4) is 0 Å². The van der Waals surface area contributed by atoms with Gasteiger partial charge >= 0.3 is 6.03 Å². The van der Waals surface area contributed by atoms with E-state index < -0.39 is 72.7 Å². The first-order valence-electron chi connectivity index (χ1n) is 16.7. The molecule has 4 aliphatic rings. The number of carbonyl (C=O) groups is 5. The Hall–Kier alpha value is -2.70. The molecule has 4 rings (SSSR count). The second-order valence-corrected chi connectivity index (χ2v) is 19.7. The lowest BCUT2D eigenvalue weighted by atomic mass is 9.83. The molecule has 3 saturated carbocycles. The minimum Gasteiger partial charge on any atom is -0.363 e. The largest absolute Gasteiger partial charge is 0.363 e. The molecular weight excluding hydrogens is 610 g/mol. The van der Waals surface area contributed by atoms with E-state index in [9.17, 15) is 32.4 Å². The summed E-state index contributed by atoms with van der Waals surface area (Å²) in [5.74, 6) is -3.36. The molecule has 0 radical (unpaired) electrons. The molecule has 5 amide bonds. The second-order valence-electron chi connectivity index (χ2n) is 17.0. The predicted octanol–water partition coefficient (Wildman–Crippen LogP) is 2.44. The van der Waals surface area contributed by atoms with E-state index in [4.69, 9.17) is 5.73 Å². The first kappa shape index (κ1) is 36.1. The molecule has 1 heterocycles. The van der Waals surface area contributed by atoms with Crippen molar-refractivity contribution in [3.63, 3.8) is 0 Å². The lowest BCUT2D eigenvalue weighted by Gasteiger charge is -2.41. The molecule has 0 aromatic rings. The number of hydrogen-bond acceptors (Lipinski definition) is 7. The van der Waals surface area contributed by atoms with Crippen LogP contribution >= 0.6 is 0 Å². The summed E-state index contributed by atoms with van der Waals surface area (Å²) in [5.41, 5.74) is 2.06. The summed E-state index contributed by atoms with van der Waals surface area (Å²) in [4.78, 5) is 68.2. The Labute approximate surface area is 274 Å². The fraction of sp³-hybridized carbons (Fsp3) is 0.848. The summed E-state index contributed by atoms with van der Waals surface area (Å²) in [6.07, 6.45) is 4.43. The molecule has 6 atom stereocenters. The van der Waals surface area contributed by atoms with Crippen molar-refractivity contribution in [3.05, 3.63) is 0 Å². The number of Topliss-reactive ketones (excluding diaryl/α,β-unsaturated/α-hetero) is 1. The third kappa shape index (κ3) is 6.54. The van der Waals surface area contributed by atoms with Gasteiger partial charge in [-0.2, -0.15) is 0 Å². The zero-order valence-corrected chi connectivity index (χ0v) is 29.9. The molecule has 46 heavy (non-hydrogen) atoms. The molecule has 0 aromatic carbocycles. The smallest absolute Gasteiger partial charge is 0.315 e. The number of fused-ring (bicyclic) bond motifs is 1. The molecule has 0 aromatic heterocycles. The molecule has 1 aliphatic heterocycles. The number of likely N-dealkylation sites (tertiary alicyclic amines) is 1. The number of ketones is 1. The number of urea groups is 1. The maximum Gasteiger partial charge on any atom is 0.315 e. The van der Waals surface area contributed by atoms with Gasteiger partial charge in [0.05, 0.1) is 16.0 Å². The summed E-state index contributed by atoms with van der Waals surface area (Å²) >= 11 is 0. The highest BCUT2D eigenvalue weighted by Crippen LogP contribution is 2.65. The molecule has 1 saturated heterocycles. The van der Waals surface area contributed by atoms with Crippen molar-refractivity contribution >= 4 is 39.4 Å². The minimum atomic E-state index is -3.56. The van der Waals surface area contributed by atoms with Gasteiger partial charge < -0.3 is 26.6 Å². The van der Waals surface area contributed by atoms with Gasteiger partial charge in [0.1, 0.15) is 17.6 Å². The van der Waals surface area contributed by atoms with E-state index in [0.717, 1.165) is 19.3 Å². The van der Waals surface area contributed by atoms with Crippen LogP contribution in [0.2, 0.25) is 0 Å². The Morgan fingerprint density at radius 3 is 2.02 bits per heavy atom. The molecule has 260 valence electrons. The maximum atomic E-state index is 14.4. The van der Waals surface area contributed by atoms with Crippen molar-refractivity contribution in [2.75, 3.05) is 12.3 Å². The van der Waals surface area contributed by atoms with Crippen LogP contribution in [0, 0.1) is 28.6 Å². The average Bonchev–Trinajstić information content (AvgIpc) is 3.67. The Kier molecular flexibility index (Phi) is 9.25. The molecule has 13 heteroatoms. The first-order chi connectivity index (χ1) is 20.9. The topological polar surface area (TPSA) is 185 Å². The zero-order chi connectivity index (χ0) is 34.8. The van der Waals surface area contributed by atoms with E-state index in [-0.39, 0.29) is 28.9 Å². The summed E-state index contributed by atoms with van der Waals surface area (Å²) in [6.45, 7) is 16.7. The number of nitrogens with one attached hydrogen (secondary N) is 3. The molecule has 12 nitrogen and oxygen atoms in total. The van der Waals surface area contributed by atoms with Crippen LogP contribution in [0.25, 0.3) is 0 Å². The van der Waals surface area contributed by atoms with Gasteiger partial charge in [-0.25, -0.2) is 13.2 Å². The van der Waals surface area contributed by atoms with Crippen molar-refractivity contribution in [1.82, 2.24) is 20.9 Å². The van der Waals surface area contributed by atoms with Crippen LogP contribution in [0.4, 0.5) is 4.79 Å². The third-order valence-electron chi connectivity index (χ3n) is 11.3. The fourth-order valence-corrected chi connectivity index (χ4v) is 9.50. The van der Waals surface area contributed by atoms with Crippen LogP contribution in [0.3, 0.4) is 0 Å². The van der Waals surface area contributed by atoms with Gasteiger partial charge in [-0.05, 0) is 68.6 Å². The monoisotopic (exact) mass is 665 g/mol. The van der Waals surface area contributed by atoms with Gasteiger partial charge in [-0.1, -0.05) is 67.2 Å². The number of nitrogens with zero attached hydrogens (tertiary/aromatic N) is 1. The lowest BCUT2D eigenvalue weighted by Crippen LogP contribution is -2.64. The van der Waals surface area contributed by atoms with E-state index >= 15 is 0 Å². The first-order valence-corrected chi connectivity index (χ1v) is 18.4. The van der Waals surface area contributed by atoms with Gasteiger partial charge in [0.25, 0.3) is 5.91 Å². The van der Waals surface area contributed by atoms with Crippen molar-refractivity contribution in [1.29, 1.82) is 0 Å². The normalized spacial score (nSPS) is 30.4. The number of primary amides is 1. The lowest BCUT2D eigenvalue weighted by molar-refractivity contribution is -0.145. The Morgan fingerprint density at radius 2 is 1.54 bits per heavy atom. The molecule has 3 aliphatic carbocycles. The molecule has 0 unspecified atom stereocenters. The van der Waals surface area contributed by atoms with E-state index in [1.54, 1.807) is 20.8 Å². The van der Waals surface area contributed by atoms with Crippen molar-refractivity contribution in [2.24, 2.45) is 34.3 Å². The standard InChI is InChI=1S/C33H55N5O7S/c1-10-19-16-33(19,24(39)25(34)40)36-26(41)22-21-20(31(21,8)9)17-38(22)27(42)23(29(2,3)4)35-28(43)37-32(14-12-11-13-15-32)18-46(44,45)30(5,6)7/h19-23H,10-18H2,1-9H3,(H2,34,40)(H,36,41)(H2,35,37,43)/t19-,20-,21-,22-,23-,33+/m0/s1. The summed E-state index contributed by atoms with van der Waals surface area (Å²) in [7, 11) is -3.56. The molecule has 0 spiro atoms. The van der Waals surface area contributed by atoms with Crippen LogP contribution in [0.5, 0.6) is 0 Å². The van der Waals surface area contributed by atoms with Crippen molar-refractivity contribution < 1.29 is 32.4 Å². The second kappa shape index (κ2) is 11.8. The third-order valence-corrected chi connectivity index (χ3v) is 14.1. The molecule has 4 fully saturated rings. The predicted molar refractivity (Wildman–Crippen MR) is 174 cm³/mol. The van der Waals surface area contributed by atoms with Gasteiger partial charge in [0, 0.05) is 6.54 Å². The highest BCUT2D eigenvalue weighted by atomic mass is 32.2. The number of amides is 5. The van der Waals surface area contributed by atoms with Gasteiger partial charge in [-0.15, -0.1) is 0 Å². The van der Waals surface area contributed by atoms with E-state index in [1.807, 2.05) is 41.5 Å². The van der Waals surface area contributed by atoms with Crippen molar-refractivity contribution in [2.45, 2.75) is 135 Å². The minimum absolute atomic E-state index is 0.0544. The van der Waals surface area contributed by atoms with E-state index in [1.165, 1.54) is 4.90 Å². The summed E-state index contributed by atoms with van der Waals surface area (Å²) < 4.78 is 25.5. The van der Waals surface area contributed by atoms with E-state index in [0.29, 0.717) is 32.2 Å². The van der Waals surface area contributed by atoms with E-state index in [2.05, 4.69) is 16.0 Å². The highest BCUT2D eigenvalue weighted by molar-refractivity contribution is 7.92. The Morgan fingerprint density at radius 1 is 0.957 bits per heavy atom. The van der Waals surface area contributed by atoms with Gasteiger partial charge in [0.2, 0.25) is 17.6 Å². The average molecular weight is 666 g/mol. The fourth-order valence-electron chi connectivity index (χ4n) is 7.97. The Bertz CT molecular complexity index is 1390. The maximum absolute atomic E-state index is 14.4. The molecular formula is C33H55N5O7S. The number of nitrogens with two attached hydrogens (primary N) is 1.